The lowest BCUT2D eigenvalue weighted by Gasteiger charge is -2.02. The van der Waals surface area contributed by atoms with Crippen molar-refractivity contribution < 1.29 is 14.8 Å². The first-order chi connectivity index (χ1) is 11.6. The molecule has 0 aliphatic heterocycles. The summed E-state index contributed by atoms with van der Waals surface area (Å²) in [6.45, 7) is 0. The van der Waals surface area contributed by atoms with Crippen LogP contribution < -0.4 is 10.9 Å². The van der Waals surface area contributed by atoms with E-state index in [0.717, 1.165) is 5.56 Å². The Hall–Kier alpha value is -2.77. The van der Waals surface area contributed by atoms with E-state index in [1.807, 2.05) is 36.4 Å². The summed E-state index contributed by atoms with van der Waals surface area (Å²) < 4.78 is 0.698. The maximum absolute atomic E-state index is 11.9. The summed E-state index contributed by atoms with van der Waals surface area (Å²) in [5, 5.41) is 12.4. The highest BCUT2D eigenvalue weighted by atomic mass is 79.9. The fourth-order valence-corrected chi connectivity index (χ4v) is 2.17. The molecular formula is C17H14BrN3O3. The van der Waals surface area contributed by atoms with E-state index < -0.39 is 11.8 Å². The Balaban J connectivity index is 1.95. The van der Waals surface area contributed by atoms with Gasteiger partial charge in [-0.1, -0.05) is 30.3 Å². The molecule has 6 nitrogen and oxygen atoms in total. The summed E-state index contributed by atoms with van der Waals surface area (Å²) in [7, 11) is 0. The van der Waals surface area contributed by atoms with Crippen molar-refractivity contribution >= 4 is 40.0 Å². The summed E-state index contributed by atoms with van der Waals surface area (Å²) in [5.41, 5.74) is 5.49. The van der Waals surface area contributed by atoms with Crippen molar-refractivity contribution in [2.24, 2.45) is 5.10 Å². The van der Waals surface area contributed by atoms with Gasteiger partial charge in [-0.25, -0.2) is 10.9 Å². The topological polar surface area (TPSA) is 90.8 Å². The monoisotopic (exact) mass is 387 g/mol. The van der Waals surface area contributed by atoms with Gasteiger partial charge in [0.05, 0.1) is 6.21 Å². The number of halogens is 1. The number of nitrogens with one attached hydrogen (secondary N) is 2. The van der Waals surface area contributed by atoms with Crippen LogP contribution in [0, 0.1) is 0 Å². The minimum Gasteiger partial charge on any atom is -0.288 e. The molecule has 0 heterocycles. The third-order valence-electron chi connectivity index (χ3n) is 2.97. The molecule has 122 valence electrons. The molecule has 0 aliphatic carbocycles. The van der Waals surface area contributed by atoms with Crippen LogP contribution in [0.1, 0.15) is 26.3 Å². The molecule has 0 unspecified atom stereocenters. The first-order valence-corrected chi connectivity index (χ1v) is 7.69. The second-order valence-electron chi connectivity index (χ2n) is 4.66. The number of hydroxylamine groups is 1. The maximum atomic E-state index is 11.9. The summed E-state index contributed by atoms with van der Waals surface area (Å²) in [6.07, 6.45) is 3.33. The van der Waals surface area contributed by atoms with Gasteiger partial charge < -0.3 is 0 Å². The van der Waals surface area contributed by atoms with E-state index in [4.69, 9.17) is 5.21 Å². The second-order valence-corrected chi connectivity index (χ2v) is 5.57. The number of benzene rings is 2. The Labute approximate surface area is 147 Å². The zero-order valence-electron chi connectivity index (χ0n) is 12.4. The van der Waals surface area contributed by atoms with Gasteiger partial charge >= 0.3 is 0 Å². The Morgan fingerprint density at radius 2 is 1.54 bits per heavy atom. The molecule has 0 saturated heterocycles. The SMILES string of the molecule is O=C(NO)c1ccc(C(=O)N/N=C/C(Br)=C/c2ccccc2)cc1. The highest BCUT2D eigenvalue weighted by Crippen LogP contribution is 2.10. The normalized spacial score (nSPS) is 11.3. The van der Waals surface area contributed by atoms with Crippen molar-refractivity contribution in [3.05, 3.63) is 75.8 Å². The molecule has 7 heteroatoms. The number of hydrogen-bond donors (Lipinski definition) is 3. The maximum Gasteiger partial charge on any atom is 0.274 e. The van der Waals surface area contributed by atoms with Crippen LogP contribution in [-0.2, 0) is 0 Å². The average molecular weight is 388 g/mol. The van der Waals surface area contributed by atoms with E-state index in [1.54, 1.807) is 0 Å². The van der Waals surface area contributed by atoms with Crippen molar-refractivity contribution in [1.29, 1.82) is 0 Å². The molecular weight excluding hydrogens is 374 g/mol. The van der Waals surface area contributed by atoms with E-state index in [-0.39, 0.29) is 5.56 Å². The molecule has 0 aliphatic rings. The van der Waals surface area contributed by atoms with Crippen molar-refractivity contribution in [2.45, 2.75) is 0 Å². The average Bonchev–Trinajstić information content (AvgIpc) is 2.62. The molecule has 24 heavy (non-hydrogen) atoms. The van der Waals surface area contributed by atoms with Crippen molar-refractivity contribution in [3.63, 3.8) is 0 Å². The van der Waals surface area contributed by atoms with Gasteiger partial charge in [0.15, 0.2) is 0 Å². The van der Waals surface area contributed by atoms with Crippen LogP contribution in [0.3, 0.4) is 0 Å². The van der Waals surface area contributed by atoms with Crippen LogP contribution in [0.5, 0.6) is 0 Å². The van der Waals surface area contributed by atoms with Gasteiger partial charge in [-0.3, -0.25) is 14.8 Å². The largest absolute Gasteiger partial charge is 0.288 e. The first-order valence-electron chi connectivity index (χ1n) is 6.90. The fourth-order valence-electron chi connectivity index (χ4n) is 1.80. The van der Waals surface area contributed by atoms with E-state index in [2.05, 4.69) is 26.5 Å². The number of rotatable bonds is 5. The lowest BCUT2D eigenvalue weighted by molar-refractivity contribution is 0.0706. The molecule has 0 atom stereocenters. The molecule has 3 N–H and O–H groups in total. The quantitative estimate of drug-likeness (QED) is 0.418. The number of hydrazone groups is 1. The number of hydrogen-bond acceptors (Lipinski definition) is 4. The molecule has 0 radical (unpaired) electrons. The summed E-state index contributed by atoms with van der Waals surface area (Å²) in [5.74, 6) is -1.06. The van der Waals surface area contributed by atoms with Crippen LogP contribution >= 0.6 is 15.9 Å². The Morgan fingerprint density at radius 1 is 0.958 bits per heavy atom. The minimum absolute atomic E-state index is 0.242. The molecule has 0 spiro atoms. The number of allylic oxidation sites excluding steroid dienone is 1. The standard InChI is InChI=1S/C17H14BrN3O3/c18-15(10-12-4-2-1-3-5-12)11-19-20-16(22)13-6-8-14(9-7-13)17(23)21-24/h1-11,24H,(H,20,22)(H,21,23)/b15-10-,19-11+. The smallest absolute Gasteiger partial charge is 0.274 e. The third kappa shape index (κ3) is 5.15. The number of carbonyl (C=O) groups excluding carboxylic acids is 2. The van der Waals surface area contributed by atoms with Crippen LogP contribution in [0.2, 0.25) is 0 Å². The van der Waals surface area contributed by atoms with Crippen molar-refractivity contribution in [3.8, 4) is 0 Å². The highest BCUT2D eigenvalue weighted by Gasteiger charge is 2.07. The van der Waals surface area contributed by atoms with Gasteiger partial charge in [0.2, 0.25) is 0 Å². The number of carbonyl (C=O) groups is 2. The fraction of sp³-hybridized carbons (Fsp3) is 0. The molecule has 2 aromatic rings. The van der Waals surface area contributed by atoms with Gasteiger partial charge in [0.1, 0.15) is 0 Å². The van der Waals surface area contributed by atoms with Gasteiger partial charge in [-0.2, -0.15) is 5.10 Å². The van der Waals surface area contributed by atoms with E-state index in [1.165, 1.54) is 36.0 Å². The van der Waals surface area contributed by atoms with E-state index in [9.17, 15) is 9.59 Å². The molecule has 0 fully saturated rings. The Morgan fingerprint density at radius 3 is 2.12 bits per heavy atom. The zero-order valence-corrected chi connectivity index (χ0v) is 14.0. The molecule has 0 bridgehead atoms. The van der Waals surface area contributed by atoms with Crippen LogP contribution in [0.15, 0.2) is 64.2 Å². The first kappa shape index (κ1) is 17.6. The number of nitrogens with zero attached hydrogens (tertiary/aromatic N) is 1. The van der Waals surface area contributed by atoms with Gasteiger partial charge in [0.25, 0.3) is 11.8 Å². The second kappa shape index (κ2) is 8.76. The summed E-state index contributed by atoms with van der Waals surface area (Å²) in [4.78, 5) is 23.1. The predicted molar refractivity (Wildman–Crippen MR) is 95.0 cm³/mol. The van der Waals surface area contributed by atoms with Gasteiger partial charge in [0, 0.05) is 15.6 Å². The molecule has 0 aromatic heterocycles. The predicted octanol–water partition coefficient (Wildman–Crippen LogP) is 2.96. The van der Waals surface area contributed by atoms with Gasteiger partial charge in [-0.15, -0.1) is 0 Å². The zero-order chi connectivity index (χ0) is 17.4. The Bertz CT molecular complexity index is 771. The summed E-state index contributed by atoms with van der Waals surface area (Å²) in [6, 6.07) is 15.4. The molecule has 0 saturated carbocycles. The minimum atomic E-state index is -0.644. The summed E-state index contributed by atoms with van der Waals surface area (Å²) >= 11 is 3.35. The molecule has 2 aromatic carbocycles. The van der Waals surface area contributed by atoms with Crippen LogP contribution in [0.4, 0.5) is 0 Å². The van der Waals surface area contributed by atoms with E-state index in [0.29, 0.717) is 10.0 Å². The number of amides is 2. The van der Waals surface area contributed by atoms with Crippen molar-refractivity contribution in [2.75, 3.05) is 0 Å². The van der Waals surface area contributed by atoms with Crippen LogP contribution in [-0.4, -0.2) is 23.2 Å². The lowest BCUT2D eigenvalue weighted by atomic mass is 10.1. The molecule has 2 rings (SSSR count). The Kier molecular flexibility index (Phi) is 6.41. The van der Waals surface area contributed by atoms with Crippen molar-refractivity contribution in [1.82, 2.24) is 10.9 Å². The highest BCUT2D eigenvalue weighted by molar-refractivity contribution is 9.12. The third-order valence-corrected chi connectivity index (χ3v) is 3.40. The molecule has 2 amide bonds. The van der Waals surface area contributed by atoms with E-state index >= 15 is 0 Å². The lowest BCUT2D eigenvalue weighted by Crippen LogP contribution is -2.20. The van der Waals surface area contributed by atoms with Gasteiger partial charge in [-0.05, 0) is 51.8 Å². The van der Waals surface area contributed by atoms with Crippen LogP contribution in [0.25, 0.3) is 6.08 Å².